The SMILES string of the molecule is O=C1C[C@H](c2cccs2)C=C2Nc3ncnn3[C@@H](c3ccccc3)[C@H]12. The number of hydrogen-bond donors (Lipinski definition) is 1. The first-order chi connectivity index (χ1) is 12.3. The molecule has 2 aliphatic rings. The van der Waals surface area contributed by atoms with E-state index in [1.807, 2.05) is 28.9 Å². The molecule has 1 N–H and O–H groups in total. The first-order valence-electron chi connectivity index (χ1n) is 8.30. The van der Waals surface area contributed by atoms with E-state index in [1.165, 1.54) is 11.2 Å². The number of hydrogen-bond acceptors (Lipinski definition) is 5. The van der Waals surface area contributed by atoms with Crippen molar-refractivity contribution in [3.63, 3.8) is 0 Å². The van der Waals surface area contributed by atoms with E-state index in [-0.39, 0.29) is 23.7 Å². The maximum atomic E-state index is 13.1. The number of carbonyl (C=O) groups is 1. The molecule has 6 heteroatoms. The molecule has 124 valence electrons. The minimum absolute atomic E-state index is 0.136. The van der Waals surface area contributed by atoms with Gasteiger partial charge in [-0.3, -0.25) is 4.79 Å². The van der Waals surface area contributed by atoms with Gasteiger partial charge in [-0.05, 0) is 17.0 Å². The Labute approximate surface area is 149 Å². The fraction of sp³-hybridized carbons (Fsp3) is 0.211. The molecule has 0 saturated carbocycles. The molecule has 3 aromatic rings. The molecule has 3 atom stereocenters. The number of anilines is 1. The third kappa shape index (κ3) is 2.33. The number of rotatable bonds is 2. The molecule has 3 heterocycles. The number of fused-ring (bicyclic) bond motifs is 2. The molecule has 0 unspecified atom stereocenters. The summed E-state index contributed by atoms with van der Waals surface area (Å²) >= 11 is 1.70. The summed E-state index contributed by atoms with van der Waals surface area (Å²) in [6.07, 6.45) is 4.27. The zero-order valence-electron chi connectivity index (χ0n) is 13.4. The van der Waals surface area contributed by atoms with Crippen LogP contribution in [0.1, 0.15) is 28.8 Å². The van der Waals surface area contributed by atoms with Crippen LogP contribution in [-0.2, 0) is 4.79 Å². The van der Waals surface area contributed by atoms with Crippen molar-refractivity contribution in [2.24, 2.45) is 5.92 Å². The van der Waals surface area contributed by atoms with E-state index in [0.29, 0.717) is 12.4 Å². The maximum absolute atomic E-state index is 13.1. The van der Waals surface area contributed by atoms with E-state index in [0.717, 1.165) is 11.3 Å². The Hall–Kier alpha value is -2.73. The van der Waals surface area contributed by atoms with Crippen molar-refractivity contribution in [2.45, 2.75) is 18.4 Å². The Morgan fingerprint density at radius 1 is 1.16 bits per heavy atom. The highest BCUT2D eigenvalue weighted by molar-refractivity contribution is 7.10. The quantitative estimate of drug-likeness (QED) is 0.768. The molecule has 0 bridgehead atoms. The van der Waals surface area contributed by atoms with Gasteiger partial charge in [-0.1, -0.05) is 42.5 Å². The van der Waals surface area contributed by atoms with Crippen molar-refractivity contribution in [1.29, 1.82) is 0 Å². The Balaban J connectivity index is 1.64. The fourth-order valence-electron chi connectivity index (χ4n) is 3.84. The van der Waals surface area contributed by atoms with Crippen LogP contribution >= 0.6 is 11.3 Å². The van der Waals surface area contributed by atoms with Crippen LogP contribution in [0.2, 0.25) is 0 Å². The van der Waals surface area contributed by atoms with E-state index < -0.39 is 0 Å². The minimum Gasteiger partial charge on any atom is -0.328 e. The molecule has 0 spiro atoms. The summed E-state index contributed by atoms with van der Waals surface area (Å²) in [5.74, 6) is 0.833. The highest BCUT2D eigenvalue weighted by Crippen LogP contribution is 2.44. The first kappa shape index (κ1) is 14.6. The average molecular weight is 348 g/mol. The summed E-state index contributed by atoms with van der Waals surface area (Å²) < 4.78 is 1.83. The lowest BCUT2D eigenvalue weighted by Gasteiger charge is -2.37. The summed E-state index contributed by atoms with van der Waals surface area (Å²) in [5.41, 5.74) is 2.03. The Kier molecular flexibility index (Phi) is 3.31. The third-order valence-corrected chi connectivity index (χ3v) is 5.95. The molecule has 5 rings (SSSR count). The first-order valence-corrected chi connectivity index (χ1v) is 9.18. The fourth-order valence-corrected chi connectivity index (χ4v) is 4.64. The van der Waals surface area contributed by atoms with Crippen LogP contribution in [0.4, 0.5) is 5.95 Å². The van der Waals surface area contributed by atoms with E-state index in [1.54, 1.807) is 11.3 Å². The lowest BCUT2D eigenvalue weighted by atomic mass is 9.77. The average Bonchev–Trinajstić information content (AvgIpc) is 3.32. The Morgan fingerprint density at radius 3 is 2.84 bits per heavy atom. The molecule has 0 amide bonds. The second-order valence-corrected chi connectivity index (χ2v) is 7.38. The molecule has 25 heavy (non-hydrogen) atoms. The van der Waals surface area contributed by atoms with Crippen molar-refractivity contribution < 1.29 is 4.79 Å². The van der Waals surface area contributed by atoms with E-state index in [9.17, 15) is 4.79 Å². The third-order valence-electron chi connectivity index (χ3n) is 4.94. The van der Waals surface area contributed by atoms with E-state index in [2.05, 4.69) is 45.1 Å². The maximum Gasteiger partial charge on any atom is 0.226 e. The number of Topliss-reactive ketones (excluding diaryl/α,β-unsaturated/α-hetero) is 1. The highest BCUT2D eigenvalue weighted by atomic mass is 32.1. The van der Waals surface area contributed by atoms with Crippen molar-refractivity contribution in [3.05, 3.63) is 76.4 Å². The molecule has 2 aromatic heterocycles. The minimum atomic E-state index is -0.243. The predicted octanol–water partition coefficient (Wildman–Crippen LogP) is 3.61. The summed E-state index contributed by atoms with van der Waals surface area (Å²) in [4.78, 5) is 18.7. The van der Waals surface area contributed by atoms with Crippen molar-refractivity contribution in [3.8, 4) is 0 Å². The van der Waals surface area contributed by atoms with Crippen LogP contribution in [-0.4, -0.2) is 20.5 Å². The molecule has 1 aliphatic heterocycles. The van der Waals surface area contributed by atoms with Gasteiger partial charge in [0.25, 0.3) is 0 Å². The number of ketones is 1. The van der Waals surface area contributed by atoms with Gasteiger partial charge in [0.15, 0.2) is 0 Å². The van der Waals surface area contributed by atoms with Gasteiger partial charge in [-0.25, -0.2) is 4.68 Å². The van der Waals surface area contributed by atoms with Crippen LogP contribution < -0.4 is 5.32 Å². The normalized spacial score (nSPS) is 24.9. The molecular formula is C19H16N4OS. The molecule has 0 saturated heterocycles. The summed E-state index contributed by atoms with van der Waals surface area (Å²) in [6.45, 7) is 0. The lowest BCUT2D eigenvalue weighted by molar-refractivity contribution is -0.123. The van der Waals surface area contributed by atoms with Gasteiger partial charge in [-0.2, -0.15) is 10.1 Å². The van der Waals surface area contributed by atoms with Crippen LogP contribution in [0.3, 0.4) is 0 Å². The van der Waals surface area contributed by atoms with Crippen molar-refractivity contribution in [1.82, 2.24) is 14.8 Å². The van der Waals surface area contributed by atoms with Gasteiger partial charge >= 0.3 is 0 Å². The molecule has 5 nitrogen and oxygen atoms in total. The van der Waals surface area contributed by atoms with Gasteiger partial charge in [0, 0.05) is 22.9 Å². The summed E-state index contributed by atoms with van der Waals surface area (Å²) in [7, 11) is 0. The van der Waals surface area contributed by atoms with Crippen LogP contribution in [0.25, 0.3) is 0 Å². The zero-order valence-corrected chi connectivity index (χ0v) is 14.2. The molecule has 1 aromatic carbocycles. The predicted molar refractivity (Wildman–Crippen MR) is 96.5 cm³/mol. The molecular weight excluding hydrogens is 332 g/mol. The lowest BCUT2D eigenvalue weighted by Crippen LogP contribution is -2.40. The number of benzene rings is 1. The van der Waals surface area contributed by atoms with Gasteiger partial charge in [0.1, 0.15) is 12.1 Å². The van der Waals surface area contributed by atoms with Gasteiger partial charge < -0.3 is 5.32 Å². The second-order valence-electron chi connectivity index (χ2n) is 6.40. The standard InChI is InChI=1S/C19H16N4OS/c24-15-10-13(16-7-4-8-25-16)9-14-17(15)18(12-5-2-1-3-6-12)23-19(22-14)20-11-21-23/h1-9,11,13,17-18H,10H2,(H,20,21,22)/t13-,17+,18+/m1/s1. The molecule has 1 aliphatic carbocycles. The van der Waals surface area contributed by atoms with Crippen molar-refractivity contribution in [2.75, 3.05) is 5.32 Å². The van der Waals surface area contributed by atoms with Gasteiger partial charge in [-0.15, -0.1) is 11.3 Å². The number of allylic oxidation sites excluding steroid dienone is 2. The molecule has 0 radical (unpaired) electrons. The van der Waals surface area contributed by atoms with Gasteiger partial charge in [0.2, 0.25) is 5.95 Å². The number of aromatic nitrogens is 3. The van der Waals surface area contributed by atoms with Crippen LogP contribution in [0, 0.1) is 5.92 Å². The number of nitrogens with zero attached hydrogens (tertiary/aromatic N) is 3. The van der Waals surface area contributed by atoms with Gasteiger partial charge in [0.05, 0.1) is 12.0 Å². The van der Waals surface area contributed by atoms with Crippen LogP contribution in [0.5, 0.6) is 0 Å². The van der Waals surface area contributed by atoms with Crippen LogP contribution in [0.15, 0.2) is 65.9 Å². The Bertz CT molecular complexity index is 945. The van der Waals surface area contributed by atoms with E-state index >= 15 is 0 Å². The smallest absolute Gasteiger partial charge is 0.226 e. The summed E-state index contributed by atoms with van der Waals surface area (Å²) in [5, 5.41) is 9.77. The topological polar surface area (TPSA) is 59.8 Å². The Morgan fingerprint density at radius 2 is 2.04 bits per heavy atom. The molecule has 0 fully saturated rings. The number of thiophene rings is 1. The highest BCUT2D eigenvalue weighted by Gasteiger charge is 2.43. The second kappa shape index (κ2) is 5.67. The summed E-state index contributed by atoms with van der Waals surface area (Å²) in [6, 6.07) is 14.1. The zero-order chi connectivity index (χ0) is 16.8. The number of nitrogens with one attached hydrogen (secondary N) is 1. The number of carbonyl (C=O) groups excluding carboxylic acids is 1. The van der Waals surface area contributed by atoms with Crippen molar-refractivity contribution >= 4 is 23.1 Å². The monoisotopic (exact) mass is 348 g/mol. The van der Waals surface area contributed by atoms with E-state index in [4.69, 9.17) is 0 Å². The largest absolute Gasteiger partial charge is 0.328 e.